The summed E-state index contributed by atoms with van der Waals surface area (Å²) in [7, 11) is 1.38. The highest BCUT2D eigenvalue weighted by atomic mass is 16.6. The molecular formula is C16H20O7. The molecule has 0 bridgehead atoms. The van der Waals surface area contributed by atoms with E-state index in [0.717, 1.165) is 0 Å². The van der Waals surface area contributed by atoms with Gasteiger partial charge in [-0.05, 0) is 39.0 Å². The SMILES string of the molecule is CCOC(=O)C(Oc1ccc(C(C)=O)cc1OC)C(=O)OCC. The van der Waals surface area contributed by atoms with Crippen molar-refractivity contribution in [3.63, 3.8) is 0 Å². The van der Waals surface area contributed by atoms with Crippen LogP contribution in [0.2, 0.25) is 0 Å². The van der Waals surface area contributed by atoms with Gasteiger partial charge >= 0.3 is 11.9 Å². The van der Waals surface area contributed by atoms with Crippen LogP contribution in [0.25, 0.3) is 0 Å². The highest BCUT2D eigenvalue weighted by Crippen LogP contribution is 2.29. The maximum Gasteiger partial charge on any atom is 0.359 e. The average Bonchev–Trinajstić information content (AvgIpc) is 2.52. The third-order valence-electron chi connectivity index (χ3n) is 2.82. The van der Waals surface area contributed by atoms with Crippen LogP contribution in [0, 0.1) is 0 Å². The number of esters is 2. The van der Waals surface area contributed by atoms with Crippen molar-refractivity contribution in [2.45, 2.75) is 26.9 Å². The van der Waals surface area contributed by atoms with Gasteiger partial charge in [-0.1, -0.05) is 0 Å². The molecule has 0 amide bonds. The summed E-state index contributed by atoms with van der Waals surface area (Å²) in [4.78, 5) is 35.2. The Morgan fingerprint density at radius 1 is 1.00 bits per heavy atom. The highest BCUT2D eigenvalue weighted by molar-refractivity contribution is 5.98. The van der Waals surface area contributed by atoms with Gasteiger partial charge in [-0.2, -0.15) is 0 Å². The Kier molecular flexibility index (Phi) is 7.05. The maximum absolute atomic E-state index is 11.9. The molecule has 126 valence electrons. The van der Waals surface area contributed by atoms with Crippen molar-refractivity contribution in [1.29, 1.82) is 0 Å². The average molecular weight is 324 g/mol. The molecule has 0 aliphatic carbocycles. The van der Waals surface area contributed by atoms with E-state index < -0.39 is 18.0 Å². The Labute approximate surface area is 134 Å². The second-order valence-electron chi connectivity index (χ2n) is 4.42. The monoisotopic (exact) mass is 324 g/mol. The Hall–Kier alpha value is -2.57. The predicted molar refractivity (Wildman–Crippen MR) is 80.7 cm³/mol. The van der Waals surface area contributed by atoms with Crippen LogP contribution < -0.4 is 9.47 Å². The molecule has 0 saturated heterocycles. The summed E-state index contributed by atoms with van der Waals surface area (Å²) in [6.45, 7) is 4.83. The molecule has 0 fully saturated rings. The van der Waals surface area contributed by atoms with Crippen LogP contribution in [0.5, 0.6) is 11.5 Å². The van der Waals surface area contributed by atoms with Gasteiger partial charge in [0.2, 0.25) is 0 Å². The number of benzene rings is 1. The minimum atomic E-state index is -1.56. The van der Waals surface area contributed by atoms with Crippen molar-refractivity contribution >= 4 is 17.7 Å². The van der Waals surface area contributed by atoms with Crippen molar-refractivity contribution in [2.24, 2.45) is 0 Å². The van der Waals surface area contributed by atoms with Gasteiger partial charge in [0.15, 0.2) is 17.3 Å². The van der Waals surface area contributed by atoms with Crippen molar-refractivity contribution in [1.82, 2.24) is 0 Å². The predicted octanol–water partition coefficient (Wildman–Crippen LogP) is 1.77. The molecule has 0 spiro atoms. The van der Waals surface area contributed by atoms with Gasteiger partial charge in [0, 0.05) is 5.56 Å². The lowest BCUT2D eigenvalue weighted by atomic mass is 10.1. The van der Waals surface area contributed by atoms with Gasteiger partial charge in [-0.25, -0.2) is 9.59 Å². The molecule has 0 aliphatic heterocycles. The highest BCUT2D eigenvalue weighted by Gasteiger charge is 2.32. The van der Waals surface area contributed by atoms with Gasteiger partial charge in [0.1, 0.15) is 0 Å². The molecule has 0 saturated carbocycles. The van der Waals surface area contributed by atoms with Crippen LogP contribution in [0.3, 0.4) is 0 Å². The molecule has 1 rings (SSSR count). The molecule has 23 heavy (non-hydrogen) atoms. The summed E-state index contributed by atoms with van der Waals surface area (Å²) in [6.07, 6.45) is -1.56. The lowest BCUT2D eigenvalue weighted by Gasteiger charge is -2.18. The minimum Gasteiger partial charge on any atom is -0.493 e. The van der Waals surface area contributed by atoms with E-state index in [4.69, 9.17) is 18.9 Å². The largest absolute Gasteiger partial charge is 0.493 e. The zero-order chi connectivity index (χ0) is 17.4. The molecule has 0 heterocycles. The number of carbonyl (C=O) groups is 3. The molecule has 7 heteroatoms. The Morgan fingerprint density at radius 3 is 2.00 bits per heavy atom. The molecular weight excluding hydrogens is 304 g/mol. The smallest absolute Gasteiger partial charge is 0.359 e. The first-order valence-electron chi connectivity index (χ1n) is 7.13. The van der Waals surface area contributed by atoms with E-state index in [1.165, 1.54) is 32.2 Å². The van der Waals surface area contributed by atoms with Crippen LogP contribution in [0.1, 0.15) is 31.1 Å². The van der Waals surface area contributed by atoms with Crippen LogP contribution >= 0.6 is 0 Å². The first kappa shape index (κ1) is 18.5. The normalized spacial score (nSPS) is 10.1. The topological polar surface area (TPSA) is 88.1 Å². The second-order valence-corrected chi connectivity index (χ2v) is 4.42. The quantitative estimate of drug-likeness (QED) is 0.409. The first-order valence-corrected chi connectivity index (χ1v) is 7.13. The van der Waals surface area contributed by atoms with E-state index >= 15 is 0 Å². The Morgan fingerprint density at radius 2 is 1.57 bits per heavy atom. The van der Waals surface area contributed by atoms with E-state index in [1.807, 2.05) is 0 Å². The summed E-state index contributed by atoms with van der Waals surface area (Å²) in [5.74, 6) is -1.52. The number of ketones is 1. The van der Waals surface area contributed by atoms with E-state index in [1.54, 1.807) is 13.8 Å². The molecule has 0 N–H and O–H groups in total. The Balaban J connectivity index is 3.09. The van der Waals surface area contributed by atoms with E-state index in [9.17, 15) is 14.4 Å². The fraction of sp³-hybridized carbons (Fsp3) is 0.438. The standard InChI is InChI=1S/C16H20O7/c1-5-21-15(18)14(16(19)22-6-2)23-12-8-7-11(10(3)17)9-13(12)20-4/h7-9,14H,5-6H2,1-4H3. The van der Waals surface area contributed by atoms with Gasteiger partial charge in [0.25, 0.3) is 6.10 Å². The van der Waals surface area contributed by atoms with Crippen LogP contribution in [0.15, 0.2) is 18.2 Å². The number of rotatable bonds is 8. The number of ether oxygens (including phenoxy) is 4. The number of hydrogen-bond donors (Lipinski definition) is 0. The minimum absolute atomic E-state index is 0.0957. The number of carbonyl (C=O) groups excluding carboxylic acids is 3. The van der Waals surface area contributed by atoms with Crippen molar-refractivity contribution in [3.8, 4) is 11.5 Å². The van der Waals surface area contributed by atoms with Gasteiger partial charge in [-0.15, -0.1) is 0 Å². The van der Waals surface area contributed by atoms with Gasteiger partial charge in [0.05, 0.1) is 20.3 Å². The van der Waals surface area contributed by atoms with E-state index in [2.05, 4.69) is 0 Å². The van der Waals surface area contributed by atoms with Crippen LogP contribution in [-0.2, 0) is 19.1 Å². The molecule has 0 radical (unpaired) electrons. The number of methoxy groups -OCH3 is 1. The molecule has 0 unspecified atom stereocenters. The lowest BCUT2D eigenvalue weighted by molar-refractivity contribution is -0.166. The fourth-order valence-electron chi connectivity index (χ4n) is 1.74. The van der Waals surface area contributed by atoms with Crippen molar-refractivity contribution < 1.29 is 33.3 Å². The molecule has 0 aliphatic rings. The second kappa shape index (κ2) is 8.77. The molecule has 7 nitrogen and oxygen atoms in total. The van der Waals surface area contributed by atoms with E-state index in [0.29, 0.717) is 5.56 Å². The zero-order valence-electron chi connectivity index (χ0n) is 13.6. The van der Waals surface area contributed by atoms with Crippen LogP contribution in [-0.4, -0.2) is 44.1 Å². The van der Waals surface area contributed by atoms with Crippen LogP contribution in [0.4, 0.5) is 0 Å². The third-order valence-corrected chi connectivity index (χ3v) is 2.82. The van der Waals surface area contributed by atoms with Gasteiger partial charge in [-0.3, -0.25) is 4.79 Å². The summed E-state index contributed by atoms with van der Waals surface area (Å²) in [5, 5.41) is 0. The van der Waals surface area contributed by atoms with Crippen molar-refractivity contribution in [2.75, 3.05) is 20.3 Å². The molecule has 0 atom stereocenters. The Bertz CT molecular complexity index is 562. The zero-order valence-corrected chi connectivity index (χ0v) is 13.6. The summed E-state index contributed by atoms with van der Waals surface area (Å²) in [5.41, 5.74) is 0.415. The summed E-state index contributed by atoms with van der Waals surface area (Å²) >= 11 is 0. The fourth-order valence-corrected chi connectivity index (χ4v) is 1.74. The summed E-state index contributed by atoms with van der Waals surface area (Å²) < 4.78 is 20.2. The molecule has 1 aromatic carbocycles. The molecule has 1 aromatic rings. The molecule has 0 aromatic heterocycles. The van der Waals surface area contributed by atoms with E-state index in [-0.39, 0.29) is 30.5 Å². The number of Topliss-reactive ketones (excluding diaryl/α,β-unsaturated/α-hetero) is 1. The first-order chi connectivity index (χ1) is 10.9. The maximum atomic E-state index is 11.9. The van der Waals surface area contributed by atoms with Crippen molar-refractivity contribution in [3.05, 3.63) is 23.8 Å². The lowest BCUT2D eigenvalue weighted by Crippen LogP contribution is -2.38. The third kappa shape index (κ3) is 4.98. The number of hydrogen-bond acceptors (Lipinski definition) is 7. The summed E-state index contributed by atoms with van der Waals surface area (Å²) in [6, 6.07) is 4.42. The van der Waals surface area contributed by atoms with Gasteiger partial charge < -0.3 is 18.9 Å².